The number of aromatic nitrogens is 3. The number of hydrogen-bond donors (Lipinski definition) is 1. The number of carbonyl (C=O) groups is 1. The summed E-state index contributed by atoms with van der Waals surface area (Å²) >= 11 is 9.44. The third kappa shape index (κ3) is 3.43. The Bertz CT molecular complexity index is 879. The number of rotatable bonds is 4. The molecule has 0 radical (unpaired) electrons. The van der Waals surface area contributed by atoms with Gasteiger partial charge in [-0.15, -0.1) is 5.10 Å². The summed E-state index contributed by atoms with van der Waals surface area (Å²) in [5.41, 5.74) is 1.97. The molecule has 0 saturated heterocycles. The summed E-state index contributed by atoms with van der Waals surface area (Å²) in [7, 11) is 0. The first-order valence-electron chi connectivity index (χ1n) is 6.72. The molecule has 0 fully saturated rings. The van der Waals surface area contributed by atoms with Gasteiger partial charge in [0.1, 0.15) is 5.69 Å². The Labute approximate surface area is 145 Å². The van der Waals surface area contributed by atoms with Gasteiger partial charge in [-0.3, -0.25) is 0 Å². The molecule has 0 aliphatic carbocycles. The van der Waals surface area contributed by atoms with E-state index in [1.165, 1.54) is 0 Å². The van der Waals surface area contributed by atoms with Gasteiger partial charge in [0.2, 0.25) is 0 Å². The normalized spacial score (nSPS) is 10.7. The van der Waals surface area contributed by atoms with Crippen LogP contribution in [0.15, 0.2) is 53.0 Å². The monoisotopic (exact) mass is 391 g/mol. The van der Waals surface area contributed by atoms with Gasteiger partial charge in [0, 0.05) is 15.1 Å². The van der Waals surface area contributed by atoms with Crippen LogP contribution in [0.4, 0.5) is 0 Å². The number of hydrogen-bond acceptors (Lipinski definition) is 3. The van der Waals surface area contributed by atoms with Crippen molar-refractivity contribution >= 4 is 33.5 Å². The van der Waals surface area contributed by atoms with E-state index in [1.54, 1.807) is 28.9 Å². The molecule has 0 spiro atoms. The van der Waals surface area contributed by atoms with Crippen molar-refractivity contribution in [3.63, 3.8) is 0 Å². The van der Waals surface area contributed by atoms with Crippen LogP contribution in [0.5, 0.6) is 0 Å². The van der Waals surface area contributed by atoms with E-state index >= 15 is 0 Å². The molecule has 2 aromatic carbocycles. The summed E-state index contributed by atoms with van der Waals surface area (Å²) in [6.45, 7) is 0.404. The number of halogens is 2. The van der Waals surface area contributed by atoms with Gasteiger partial charge in [0.15, 0.2) is 5.69 Å². The SMILES string of the molecule is O=C(O)c1nnn(Cc2cccc(Br)c2)c1-c1cccc(Cl)c1. The van der Waals surface area contributed by atoms with Crippen LogP contribution in [-0.4, -0.2) is 26.1 Å². The zero-order valence-electron chi connectivity index (χ0n) is 11.8. The topological polar surface area (TPSA) is 68.0 Å². The average molecular weight is 393 g/mol. The molecule has 0 aliphatic heterocycles. The summed E-state index contributed by atoms with van der Waals surface area (Å²) in [6, 6.07) is 14.7. The summed E-state index contributed by atoms with van der Waals surface area (Å²) in [6.07, 6.45) is 0. The Balaban J connectivity index is 2.09. The minimum Gasteiger partial charge on any atom is -0.476 e. The largest absolute Gasteiger partial charge is 0.476 e. The average Bonchev–Trinajstić information content (AvgIpc) is 2.91. The highest BCUT2D eigenvalue weighted by atomic mass is 79.9. The van der Waals surface area contributed by atoms with Crippen LogP contribution in [-0.2, 0) is 6.54 Å². The number of aromatic carboxylic acids is 1. The predicted octanol–water partition coefficient (Wildman–Crippen LogP) is 4.11. The molecular formula is C16H11BrClN3O2. The van der Waals surface area contributed by atoms with Crippen molar-refractivity contribution in [2.24, 2.45) is 0 Å². The molecule has 3 aromatic rings. The molecule has 5 nitrogen and oxygen atoms in total. The zero-order valence-corrected chi connectivity index (χ0v) is 14.1. The first kappa shape index (κ1) is 15.7. The summed E-state index contributed by atoms with van der Waals surface area (Å²) in [4.78, 5) is 11.4. The van der Waals surface area contributed by atoms with Crippen molar-refractivity contribution in [3.8, 4) is 11.3 Å². The lowest BCUT2D eigenvalue weighted by molar-refractivity contribution is 0.0691. The number of nitrogens with zero attached hydrogens (tertiary/aromatic N) is 3. The van der Waals surface area contributed by atoms with E-state index in [-0.39, 0.29) is 5.69 Å². The van der Waals surface area contributed by atoms with E-state index < -0.39 is 5.97 Å². The molecule has 0 saturated carbocycles. The molecular weight excluding hydrogens is 382 g/mol. The summed E-state index contributed by atoms with van der Waals surface area (Å²) in [5, 5.41) is 17.7. The lowest BCUT2D eigenvalue weighted by Gasteiger charge is -2.08. The molecule has 1 heterocycles. The van der Waals surface area contributed by atoms with Crippen molar-refractivity contribution in [2.75, 3.05) is 0 Å². The fraction of sp³-hybridized carbons (Fsp3) is 0.0625. The fourth-order valence-electron chi connectivity index (χ4n) is 2.30. The second-order valence-electron chi connectivity index (χ2n) is 4.89. The first-order valence-corrected chi connectivity index (χ1v) is 7.89. The molecule has 1 N–H and O–H groups in total. The van der Waals surface area contributed by atoms with Crippen molar-refractivity contribution < 1.29 is 9.90 Å². The molecule has 7 heteroatoms. The van der Waals surface area contributed by atoms with Crippen molar-refractivity contribution in [1.82, 2.24) is 15.0 Å². The van der Waals surface area contributed by atoms with Gasteiger partial charge >= 0.3 is 5.97 Å². The lowest BCUT2D eigenvalue weighted by atomic mass is 10.1. The highest BCUT2D eigenvalue weighted by Gasteiger charge is 2.21. The van der Waals surface area contributed by atoms with Gasteiger partial charge in [-0.2, -0.15) is 0 Å². The third-order valence-electron chi connectivity index (χ3n) is 3.26. The Morgan fingerprint density at radius 1 is 1.22 bits per heavy atom. The minimum atomic E-state index is -1.12. The van der Waals surface area contributed by atoms with Crippen molar-refractivity contribution in [1.29, 1.82) is 0 Å². The van der Waals surface area contributed by atoms with Crippen LogP contribution in [0.3, 0.4) is 0 Å². The Morgan fingerprint density at radius 3 is 2.70 bits per heavy atom. The van der Waals surface area contributed by atoms with Gasteiger partial charge in [0.25, 0.3) is 0 Å². The fourth-order valence-corrected chi connectivity index (χ4v) is 2.93. The molecule has 23 heavy (non-hydrogen) atoms. The van der Waals surface area contributed by atoms with Gasteiger partial charge in [-0.05, 0) is 29.8 Å². The molecule has 3 rings (SSSR count). The predicted molar refractivity (Wildman–Crippen MR) is 90.7 cm³/mol. The molecule has 1 aromatic heterocycles. The minimum absolute atomic E-state index is 0.0951. The van der Waals surface area contributed by atoms with Crippen LogP contribution in [0.1, 0.15) is 16.1 Å². The van der Waals surface area contributed by atoms with Crippen LogP contribution >= 0.6 is 27.5 Å². The van der Waals surface area contributed by atoms with Crippen LogP contribution < -0.4 is 0 Å². The van der Waals surface area contributed by atoms with Crippen molar-refractivity contribution in [2.45, 2.75) is 6.54 Å². The smallest absolute Gasteiger partial charge is 0.358 e. The zero-order chi connectivity index (χ0) is 16.4. The highest BCUT2D eigenvalue weighted by molar-refractivity contribution is 9.10. The number of carboxylic acid groups (broad SMARTS) is 1. The highest BCUT2D eigenvalue weighted by Crippen LogP contribution is 2.26. The molecule has 0 unspecified atom stereocenters. The molecule has 0 aliphatic rings. The Kier molecular flexibility index (Phi) is 4.45. The van der Waals surface area contributed by atoms with Crippen LogP contribution in [0, 0.1) is 0 Å². The standard InChI is InChI=1S/C16H11BrClN3O2/c17-12-5-1-3-10(7-12)9-21-15(14(16(22)23)19-20-21)11-4-2-6-13(18)8-11/h1-8H,9H2,(H,22,23). The van der Waals surface area contributed by atoms with Crippen LogP contribution in [0.25, 0.3) is 11.3 Å². The van der Waals surface area contributed by atoms with E-state index in [4.69, 9.17) is 11.6 Å². The third-order valence-corrected chi connectivity index (χ3v) is 3.99. The number of benzene rings is 2. The quantitative estimate of drug-likeness (QED) is 0.725. The summed E-state index contributed by atoms with van der Waals surface area (Å²) < 4.78 is 2.51. The molecule has 0 atom stereocenters. The second-order valence-corrected chi connectivity index (χ2v) is 6.24. The molecule has 0 bridgehead atoms. The van der Waals surface area contributed by atoms with E-state index in [1.807, 2.05) is 24.3 Å². The Hall–Kier alpha value is -2.18. The van der Waals surface area contributed by atoms with Crippen LogP contribution in [0.2, 0.25) is 5.02 Å². The molecule has 0 amide bonds. The molecule has 116 valence electrons. The van der Waals surface area contributed by atoms with E-state index in [0.29, 0.717) is 22.8 Å². The van der Waals surface area contributed by atoms with Gasteiger partial charge in [-0.1, -0.05) is 57.0 Å². The lowest BCUT2D eigenvalue weighted by Crippen LogP contribution is -2.06. The summed E-state index contributed by atoms with van der Waals surface area (Å²) in [5.74, 6) is -1.12. The van der Waals surface area contributed by atoms with Gasteiger partial charge in [0.05, 0.1) is 6.54 Å². The van der Waals surface area contributed by atoms with Crippen molar-refractivity contribution in [3.05, 3.63) is 69.3 Å². The Morgan fingerprint density at radius 2 is 2.00 bits per heavy atom. The second kappa shape index (κ2) is 6.52. The number of carboxylic acids is 1. The van der Waals surface area contributed by atoms with E-state index in [2.05, 4.69) is 26.2 Å². The van der Waals surface area contributed by atoms with Gasteiger partial charge in [-0.25, -0.2) is 9.48 Å². The van der Waals surface area contributed by atoms with E-state index in [0.717, 1.165) is 10.0 Å². The maximum Gasteiger partial charge on any atom is 0.358 e. The maximum absolute atomic E-state index is 11.4. The van der Waals surface area contributed by atoms with E-state index in [9.17, 15) is 9.90 Å². The first-order chi connectivity index (χ1) is 11.0. The maximum atomic E-state index is 11.4. The van der Waals surface area contributed by atoms with Gasteiger partial charge < -0.3 is 5.11 Å².